The molecule has 3 nitrogen and oxygen atoms in total. The number of carbonyl (C=O) groups is 1. The highest BCUT2D eigenvalue weighted by Gasteiger charge is 2.29. The van der Waals surface area contributed by atoms with Crippen molar-refractivity contribution in [2.24, 2.45) is 5.92 Å². The lowest BCUT2D eigenvalue weighted by Crippen LogP contribution is -2.34. The fourth-order valence-electron chi connectivity index (χ4n) is 1.74. The van der Waals surface area contributed by atoms with Crippen molar-refractivity contribution in [3.8, 4) is 0 Å². The molecule has 17 heavy (non-hydrogen) atoms. The van der Waals surface area contributed by atoms with E-state index in [4.69, 9.17) is 0 Å². The maximum Gasteiger partial charge on any atom is 0.232 e. The highest BCUT2D eigenvalue weighted by Crippen LogP contribution is 2.28. The molecule has 2 unspecified atom stereocenters. The molecule has 0 heterocycles. The Morgan fingerprint density at radius 3 is 2.24 bits per heavy atom. The molecule has 1 N–H and O–H groups in total. The van der Waals surface area contributed by atoms with Gasteiger partial charge in [-0.2, -0.15) is 0 Å². The summed E-state index contributed by atoms with van der Waals surface area (Å²) >= 11 is 0. The Morgan fingerprint density at radius 2 is 1.82 bits per heavy atom. The second-order valence-corrected chi connectivity index (χ2v) is 4.41. The van der Waals surface area contributed by atoms with Gasteiger partial charge in [-0.3, -0.25) is 4.79 Å². The number of rotatable bonds is 4. The molecule has 92 valence electrons. The maximum absolute atomic E-state index is 12.0. The van der Waals surface area contributed by atoms with E-state index in [1.54, 1.807) is 21.0 Å². The van der Waals surface area contributed by atoms with Gasteiger partial charge in [0.15, 0.2) is 0 Å². The molecule has 0 saturated heterocycles. The number of nitrogens with zero attached hydrogens (tertiary/aromatic N) is 1. The van der Waals surface area contributed by atoms with Crippen LogP contribution in [0.2, 0.25) is 0 Å². The van der Waals surface area contributed by atoms with Crippen LogP contribution in [-0.2, 0) is 4.79 Å². The third-order valence-electron chi connectivity index (χ3n) is 2.69. The molecule has 1 aromatic rings. The summed E-state index contributed by atoms with van der Waals surface area (Å²) in [6, 6.07) is 9.18. The molecule has 0 aliphatic rings. The van der Waals surface area contributed by atoms with E-state index in [9.17, 15) is 9.90 Å². The van der Waals surface area contributed by atoms with Crippen LogP contribution in [-0.4, -0.2) is 30.0 Å². The average Bonchev–Trinajstić information content (AvgIpc) is 2.29. The minimum Gasteiger partial charge on any atom is -0.387 e. The van der Waals surface area contributed by atoms with E-state index in [0.29, 0.717) is 5.57 Å². The summed E-state index contributed by atoms with van der Waals surface area (Å²) in [5, 5.41) is 10.3. The fourth-order valence-corrected chi connectivity index (χ4v) is 1.74. The first-order valence-corrected chi connectivity index (χ1v) is 5.54. The van der Waals surface area contributed by atoms with Crippen LogP contribution in [0.25, 0.3) is 0 Å². The zero-order chi connectivity index (χ0) is 13.0. The van der Waals surface area contributed by atoms with Crippen molar-refractivity contribution < 1.29 is 9.90 Å². The lowest BCUT2D eigenvalue weighted by molar-refractivity contribution is -0.135. The summed E-state index contributed by atoms with van der Waals surface area (Å²) < 4.78 is 0. The molecule has 0 aliphatic heterocycles. The number of aliphatic hydroxyl groups is 1. The number of carbonyl (C=O) groups excluding carboxylic acids is 1. The number of hydrogen-bond donors (Lipinski definition) is 1. The molecule has 3 heteroatoms. The number of hydrogen-bond acceptors (Lipinski definition) is 2. The second kappa shape index (κ2) is 5.64. The first kappa shape index (κ1) is 13.5. The maximum atomic E-state index is 12.0. The fraction of sp³-hybridized carbons (Fsp3) is 0.357. The van der Waals surface area contributed by atoms with Gasteiger partial charge < -0.3 is 10.0 Å². The molecule has 1 amide bonds. The Kier molecular flexibility index (Phi) is 4.46. The van der Waals surface area contributed by atoms with E-state index in [0.717, 1.165) is 5.56 Å². The van der Waals surface area contributed by atoms with E-state index in [-0.39, 0.29) is 5.91 Å². The van der Waals surface area contributed by atoms with Crippen LogP contribution in [0.1, 0.15) is 18.6 Å². The predicted molar refractivity (Wildman–Crippen MR) is 68.4 cm³/mol. The minimum atomic E-state index is -0.844. The summed E-state index contributed by atoms with van der Waals surface area (Å²) in [6.07, 6.45) is -0.844. The highest BCUT2D eigenvalue weighted by atomic mass is 16.3. The van der Waals surface area contributed by atoms with Gasteiger partial charge in [0, 0.05) is 14.1 Å². The minimum absolute atomic E-state index is 0.131. The van der Waals surface area contributed by atoms with Crippen molar-refractivity contribution >= 4 is 5.91 Å². The van der Waals surface area contributed by atoms with Crippen molar-refractivity contribution in [1.82, 2.24) is 4.90 Å². The van der Waals surface area contributed by atoms with Crippen LogP contribution in [0.15, 0.2) is 42.5 Å². The first-order valence-electron chi connectivity index (χ1n) is 5.54. The van der Waals surface area contributed by atoms with Crippen LogP contribution in [0, 0.1) is 5.92 Å². The summed E-state index contributed by atoms with van der Waals surface area (Å²) in [5.74, 6) is -0.721. The van der Waals surface area contributed by atoms with Gasteiger partial charge in [-0.1, -0.05) is 42.5 Å². The third kappa shape index (κ3) is 3.17. The summed E-state index contributed by atoms with van der Waals surface area (Å²) in [6.45, 7) is 5.56. The van der Waals surface area contributed by atoms with Crippen molar-refractivity contribution in [2.45, 2.75) is 13.0 Å². The van der Waals surface area contributed by atoms with E-state index < -0.39 is 12.0 Å². The molecular weight excluding hydrogens is 214 g/mol. The van der Waals surface area contributed by atoms with Gasteiger partial charge in [0.25, 0.3) is 0 Å². The van der Waals surface area contributed by atoms with Gasteiger partial charge in [-0.15, -0.1) is 0 Å². The third-order valence-corrected chi connectivity index (χ3v) is 2.69. The molecule has 0 saturated carbocycles. The molecule has 1 aromatic carbocycles. The van der Waals surface area contributed by atoms with Gasteiger partial charge in [-0.25, -0.2) is 0 Å². The SMILES string of the molecule is C=C(C)C(C(=O)N(C)C)C(O)c1ccccc1. The van der Waals surface area contributed by atoms with Crippen molar-refractivity contribution in [2.75, 3.05) is 14.1 Å². The lowest BCUT2D eigenvalue weighted by Gasteiger charge is -2.25. The van der Waals surface area contributed by atoms with Gasteiger partial charge >= 0.3 is 0 Å². The lowest BCUT2D eigenvalue weighted by atomic mass is 9.89. The van der Waals surface area contributed by atoms with Crippen LogP contribution in [0.4, 0.5) is 0 Å². The molecule has 0 spiro atoms. The first-order chi connectivity index (χ1) is 7.95. The smallest absolute Gasteiger partial charge is 0.232 e. The topological polar surface area (TPSA) is 40.5 Å². The zero-order valence-corrected chi connectivity index (χ0v) is 10.6. The van der Waals surface area contributed by atoms with Gasteiger partial charge in [0.05, 0.1) is 12.0 Å². The van der Waals surface area contributed by atoms with Crippen molar-refractivity contribution in [3.05, 3.63) is 48.0 Å². The predicted octanol–water partition coefficient (Wildman–Crippen LogP) is 2.00. The van der Waals surface area contributed by atoms with Crippen LogP contribution < -0.4 is 0 Å². The quantitative estimate of drug-likeness (QED) is 0.808. The average molecular weight is 233 g/mol. The summed E-state index contributed by atoms with van der Waals surface area (Å²) in [4.78, 5) is 13.5. The highest BCUT2D eigenvalue weighted by molar-refractivity contribution is 5.81. The summed E-state index contributed by atoms with van der Waals surface area (Å²) in [5.41, 5.74) is 1.40. The molecule has 1 rings (SSSR count). The number of aliphatic hydroxyl groups excluding tert-OH is 1. The van der Waals surface area contributed by atoms with Gasteiger partial charge in [-0.05, 0) is 12.5 Å². The van der Waals surface area contributed by atoms with E-state index in [2.05, 4.69) is 6.58 Å². The van der Waals surface area contributed by atoms with Gasteiger partial charge in [0.1, 0.15) is 0 Å². The molecule has 0 aromatic heterocycles. The van der Waals surface area contributed by atoms with E-state index in [1.165, 1.54) is 4.90 Å². The van der Waals surface area contributed by atoms with Crippen molar-refractivity contribution in [3.63, 3.8) is 0 Å². The Labute approximate surface area is 102 Å². The Morgan fingerprint density at radius 1 is 1.29 bits per heavy atom. The van der Waals surface area contributed by atoms with Crippen LogP contribution in [0.3, 0.4) is 0 Å². The number of benzene rings is 1. The van der Waals surface area contributed by atoms with E-state index in [1.807, 2.05) is 30.3 Å². The largest absolute Gasteiger partial charge is 0.387 e. The number of amides is 1. The van der Waals surface area contributed by atoms with Gasteiger partial charge in [0.2, 0.25) is 5.91 Å². The Bertz CT molecular complexity index is 398. The molecular formula is C14H19NO2. The van der Waals surface area contributed by atoms with Crippen LogP contribution >= 0.6 is 0 Å². The molecule has 0 radical (unpaired) electrons. The normalized spacial score (nSPS) is 13.9. The second-order valence-electron chi connectivity index (χ2n) is 4.41. The summed E-state index contributed by atoms with van der Waals surface area (Å²) in [7, 11) is 3.35. The zero-order valence-electron chi connectivity index (χ0n) is 10.6. The molecule has 0 fully saturated rings. The Hall–Kier alpha value is -1.61. The monoisotopic (exact) mass is 233 g/mol. The molecule has 0 bridgehead atoms. The standard InChI is InChI=1S/C14H19NO2/c1-10(2)12(14(17)15(3)4)13(16)11-8-6-5-7-9-11/h5-9,12-13,16H,1H2,2-4H3. The molecule has 0 aliphatic carbocycles. The molecule has 2 atom stereocenters. The van der Waals surface area contributed by atoms with Crippen LogP contribution in [0.5, 0.6) is 0 Å². The van der Waals surface area contributed by atoms with Crippen molar-refractivity contribution in [1.29, 1.82) is 0 Å². The van der Waals surface area contributed by atoms with E-state index >= 15 is 0 Å². The Balaban J connectivity index is 3.00.